The number of carbonyl (C=O) groups is 3. The van der Waals surface area contributed by atoms with Gasteiger partial charge in [0, 0.05) is 23.0 Å². The zero-order valence-corrected chi connectivity index (χ0v) is 20.6. The Morgan fingerprint density at radius 1 is 0.824 bits per heavy atom. The molecule has 2 aromatic rings. The number of benzene rings is 2. The number of rotatable bonds is 8. The van der Waals surface area contributed by atoms with Gasteiger partial charge in [0.15, 0.2) is 0 Å². The van der Waals surface area contributed by atoms with Crippen molar-refractivity contribution >= 4 is 29.1 Å². The maximum absolute atomic E-state index is 12.5. The monoisotopic (exact) mass is 464 g/mol. The zero-order chi connectivity index (χ0) is 24.7. The van der Waals surface area contributed by atoms with Gasteiger partial charge in [-0.1, -0.05) is 37.0 Å². The Morgan fingerprint density at radius 2 is 1.50 bits per heavy atom. The first kappa shape index (κ1) is 25.3. The quantitative estimate of drug-likeness (QED) is 0.472. The summed E-state index contributed by atoms with van der Waals surface area (Å²) < 4.78 is 0. The van der Waals surface area contributed by atoms with Crippen LogP contribution in [0, 0.1) is 27.7 Å². The number of anilines is 2. The van der Waals surface area contributed by atoms with E-state index in [2.05, 4.69) is 21.3 Å². The Morgan fingerprint density at radius 3 is 2.15 bits per heavy atom. The van der Waals surface area contributed by atoms with Crippen LogP contribution in [0.2, 0.25) is 0 Å². The average molecular weight is 465 g/mol. The van der Waals surface area contributed by atoms with Gasteiger partial charge >= 0.3 is 0 Å². The van der Waals surface area contributed by atoms with Gasteiger partial charge in [-0.15, -0.1) is 0 Å². The van der Waals surface area contributed by atoms with E-state index < -0.39 is 0 Å². The fraction of sp³-hybridized carbons (Fsp3) is 0.444. The molecule has 7 heteroatoms. The molecular weight excluding hydrogens is 428 g/mol. The maximum Gasteiger partial charge on any atom is 0.251 e. The predicted molar refractivity (Wildman–Crippen MR) is 136 cm³/mol. The van der Waals surface area contributed by atoms with Crippen LogP contribution in [-0.4, -0.2) is 36.9 Å². The third-order valence-corrected chi connectivity index (χ3v) is 6.26. The molecule has 3 rings (SSSR count). The molecule has 3 amide bonds. The van der Waals surface area contributed by atoms with Crippen molar-refractivity contribution in [1.82, 2.24) is 10.6 Å². The molecule has 0 spiro atoms. The molecule has 4 N–H and O–H groups in total. The van der Waals surface area contributed by atoms with Crippen molar-refractivity contribution < 1.29 is 14.4 Å². The van der Waals surface area contributed by atoms with Crippen molar-refractivity contribution in [3.8, 4) is 0 Å². The van der Waals surface area contributed by atoms with Crippen LogP contribution in [-0.2, 0) is 9.59 Å². The number of hydrogen-bond donors (Lipinski definition) is 4. The van der Waals surface area contributed by atoms with Gasteiger partial charge in [-0.2, -0.15) is 0 Å². The number of hydrogen-bond acceptors (Lipinski definition) is 4. The van der Waals surface area contributed by atoms with Gasteiger partial charge < -0.3 is 21.3 Å². The van der Waals surface area contributed by atoms with E-state index in [9.17, 15) is 14.4 Å². The lowest BCUT2D eigenvalue weighted by Gasteiger charge is -2.23. The molecule has 1 aliphatic carbocycles. The molecule has 34 heavy (non-hydrogen) atoms. The molecule has 0 atom stereocenters. The molecule has 0 aromatic heterocycles. The summed E-state index contributed by atoms with van der Waals surface area (Å²) in [5, 5.41) is 11.7. The topological polar surface area (TPSA) is 99.3 Å². The predicted octanol–water partition coefficient (Wildman–Crippen LogP) is 4.15. The van der Waals surface area contributed by atoms with Gasteiger partial charge in [0.2, 0.25) is 11.8 Å². The molecule has 0 unspecified atom stereocenters. The van der Waals surface area contributed by atoms with E-state index >= 15 is 0 Å². The number of aryl methyl sites for hydroxylation is 4. The lowest BCUT2D eigenvalue weighted by molar-refractivity contribution is -0.122. The van der Waals surface area contributed by atoms with E-state index in [0.29, 0.717) is 5.56 Å². The normalized spacial score (nSPS) is 13.8. The molecule has 0 radical (unpaired) electrons. The van der Waals surface area contributed by atoms with Crippen LogP contribution in [0.5, 0.6) is 0 Å². The smallest absolute Gasteiger partial charge is 0.251 e. The molecular formula is C27H36N4O3. The molecule has 7 nitrogen and oxygen atoms in total. The first-order chi connectivity index (χ1) is 16.2. The highest BCUT2D eigenvalue weighted by Gasteiger charge is 2.17. The molecule has 0 aliphatic heterocycles. The van der Waals surface area contributed by atoms with Crippen molar-refractivity contribution in [3.63, 3.8) is 0 Å². The molecule has 1 aliphatic rings. The summed E-state index contributed by atoms with van der Waals surface area (Å²) >= 11 is 0. The summed E-state index contributed by atoms with van der Waals surface area (Å²) in [7, 11) is 0. The van der Waals surface area contributed by atoms with Crippen molar-refractivity contribution in [3.05, 3.63) is 58.1 Å². The lowest BCUT2D eigenvalue weighted by Crippen LogP contribution is -2.36. The summed E-state index contributed by atoms with van der Waals surface area (Å²) in [5.74, 6) is -0.608. The van der Waals surface area contributed by atoms with Crippen molar-refractivity contribution in [2.45, 2.75) is 65.8 Å². The van der Waals surface area contributed by atoms with Gasteiger partial charge in [-0.3, -0.25) is 14.4 Å². The minimum absolute atomic E-state index is 0.0321. The molecule has 0 heterocycles. The standard InChI is InChI=1S/C27H36N4O3/c1-17-12-19(3)26(20(4)13-17)31-25(33)16-29-24(32)15-28-23-11-10-21(14-18(23)2)27(34)30-22-8-6-5-7-9-22/h10-14,22,28H,5-9,15-16H2,1-4H3,(H,29,32)(H,30,34)(H,31,33). The first-order valence-electron chi connectivity index (χ1n) is 12.0. The number of amides is 3. The molecule has 1 saturated carbocycles. The van der Waals surface area contributed by atoms with Gasteiger partial charge in [-0.05, 0) is 75.4 Å². The Bertz CT molecular complexity index is 1030. The van der Waals surface area contributed by atoms with Gasteiger partial charge in [-0.25, -0.2) is 0 Å². The Hall–Kier alpha value is -3.35. The SMILES string of the molecule is Cc1cc(C)c(NC(=O)CNC(=O)CNc2ccc(C(=O)NC3CCCCC3)cc2C)c(C)c1. The minimum Gasteiger partial charge on any atom is -0.376 e. The minimum atomic E-state index is -0.286. The fourth-order valence-electron chi connectivity index (χ4n) is 4.50. The van der Waals surface area contributed by atoms with E-state index in [1.165, 1.54) is 19.3 Å². The van der Waals surface area contributed by atoms with E-state index in [4.69, 9.17) is 0 Å². The highest BCUT2D eigenvalue weighted by Crippen LogP contribution is 2.22. The van der Waals surface area contributed by atoms with Gasteiger partial charge in [0.25, 0.3) is 5.91 Å². The Kier molecular flexibility index (Phi) is 8.68. The first-order valence-corrected chi connectivity index (χ1v) is 12.0. The van der Waals surface area contributed by atoms with Crippen LogP contribution in [0.3, 0.4) is 0 Å². The fourth-order valence-corrected chi connectivity index (χ4v) is 4.50. The summed E-state index contributed by atoms with van der Waals surface area (Å²) in [4.78, 5) is 37.1. The van der Waals surface area contributed by atoms with Crippen LogP contribution >= 0.6 is 0 Å². The third kappa shape index (κ3) is 7.07. The largest absolute Gasteiger partial charge is 0.376 e. The van der Waals surface area contributed by atoms with Crippen LogP contribution in [0.25, 0.3) is 0 Å². The van der Waals surface area contributed by atoms with Crippen LogP contribution in [0.4, 0.5) is 11.4 Å². The van der Waals surface area contributed by atoms with Crippen molar-refractivity contribution in [1.29, 1.82) is 0 Å². The summed E-state index contributed by atoms with van der Waals surface area (Å²) in [6.07, 6.45) is 5.67. The lowest BCUT2D eigenvalue weighted by atomic mass is 9.95. The third-order valence-electron chi connectivity index (χ3n) is 6.26. The van der Waals surface area contributed by atoms with Gasteiger partial charge in [0.05, 0.1) is 13.1 Å². The Labute approximate surface area is 202 Å². The molecule has 2 aromatic carbocycles. The average Bonchev–Trinajstić information content (AvgIpc) is 2.79. The molecule has 1 fully saturated rings. The second-order valence-electron chi connectivity index (χ2n) is 9.29. The van der Waals surface area contributed by atoms with E-state index in [1.54, 1.807) is 6.07 Å². The van der Waals surface area contributed by atoms with E-state index in [-0.39, 0.29) is 36.9 Å². The summed E-state index contributed by atoms with van der Waals surface area (Å²) in [5.41, 5.74) is 6.19. The molecule has 182 valence electrons. The van der Waals surface area contributed by atoms with Crippen molar-refractivity contribution in [2.75, 3.05) is 23.7 Å². The van der Waals surface area contributed by atoms with Crippen molar-refractivity contribution in [2.24, 2.45) is 0 Å². The van der Waals surface area contributed by atoms with Crippen LogP contribution in [0.1, 0.15) is 64.7 Å². The molecule has 0 bridgehead atoms. The van der Waals surface area contributed by atoms with Crippen LogP contribution < -0.4 is 21.3 Å². The second kappa shape index (κ2) is 11.7. The highest BCUT2D eigenvalue weighted by atomic mass is 16.2. The summed E-state index contributed by atoms with van der Waals surface area (Å²) in [6, 6.07) is 9.70. The maximum atomic E-state index is 12.5. The van der Waals surface area contributed by atoms with Crippen LogP contribution in [0.15, 0.2) is 30.3 Å². The number of nitrogens with one attached hydrogen (secondary N) is 4. The summed E-state index contributed by atoms with van der Waals surface area (Å²) in [6.45, 7) is 7.74. The highest BCUT2D eigenvalue weighted by molar-refractivity contribution is 5.96. The second-order valence-corrected chi connectivity index (χ2v) is 9.29. The van der Waals surface area contributed by atoms with Gasteiger partial charge in [0.1, 0.15) is 0 Å². The molecule has 0 saturated heterocycles. The number of carbonyl (C=O) groups excluding carboxylic acids is 3. The van der Waals surface area contributed by atoms with E-state index in [0.717, 1.165) is 46.5 Å². The Balaban J connectivity index is 1.45. The zero-order valence-electron chi connectivity index (χ0n) is 20.6. The van der Waals surface area contributed by atoms with E-state index in [1.807, 2.05) is 52.0 Å².